The van der Waals surface area contributed by atoms with Gasteiger partial charge in [-0.3, -0.25) is 0 Å². The summed E-state index contributed by atoms with van der Waals surface area (Å²) in [5.74, 6) is 1.20. The molecule has 3 aromatic carbocycles. The van der Waals surface area contributed by atoms with Gasteiger partial charge in [-0.1, -0.05) is 48.5 Å². The number of pyridine rings is 1. The van der Waals surface area contributed by atoms with Gasteiger partial charge >= 0.3 is 0 Å². The molecule has 0 aliphatic carbocycles. The van der Waals surface area contributed by atoms with Crippen molar-refractivity contribution < 1.29 is 5.11 Å². The first-order valence-electron chi connectivity index (χ1n) is 9.10. The lowest BCUT2D eigenvalue weighted by Gasteiger charge is -2.10. The number of benzene rings is 3. The first-order chi connectivity index (χ1) is 13.3. The Hall–Kier alpha value is -3.24. The molecule has 2 heterocycles. The van der Waals surface area contributed by atoms with E-state index in [2.05, 4.69) is 34.6 Å². The number of H-pyrrole nitrogens is 1. The van der Waals surface area contributed by atoms with E-state index in [1.165, 1.54) is 10.9 Å². The van der Waals surface area contributed by atoms with E-state index in [9.17, 15) is 5.11 Å². The average Bonchev–Trinajstić information content (AvgIpc) is 3.10. The summed E-state index contributed by atoms with van der Waals surface area (Å²) in [4.78, 5) is 8.47. The molecule has 0 saturated carbocycles. The van der Waals surface area contributed by atoms with E-state index in [0.29, 0.717) is 5.75 Å². The Labute approximate surface area is 168 Å². The fourth-order valence-corrected chi connectivity index (χ4v) is 3.66. The lowest BCUT2D eigenvalue weighted by molar-refractivity contribution is 0.475. The number of nitrogens with one attached hydrogen (secondary N) is 2. The molecule has 0 spiro atoms. The minimum Gasteiger partial charge on any atom is -0.508 e. The summed E-state index contributed by atoms with van der Waals surface area (Å²) in [7, 11) is 0. The van der Waals surface area contributed by atoms with Gasteiger partial charge in [0.05, 0.1) is 16.4 Å². The number of rotatable bonds is 4. The zero-order valence-corrected chi connectivity index (χ0v) is 16.0. The maximum atomic E-state index is 9.43. The van der Waals surface area contributed by atoms with Crippen molar-refractivity contribution in [2.24, 2.45) is 0 Å². The highest BCUT2D eigenvalue weighted by Gasteiger charge is 2.13. The molecule has 0 saturated heterocycles. The van der Waals surface area contributed by atoms with Gasteiger partial charge in [-0.25, -0.2) is 4.98 Å². The number of phenols is 1. The van der Waals surface area contributed by atoms with Crippen LogP contribution in [0.4, 0.5) is 5.82 Å². The predicted molar refractivity (Wildman–Crippen MR) is 119 cm³/mol. The zero-order chi connectivity index (χ0) is 18.2. The van der Waals surface area contributed by atoms with Crippen molar-refractivity contribution in [3.8, 4) is 5.75 Å². The molecule has 2 aromatic heterocycles. The number of hydrogen-bond acceptors (Lipinski definition) is 3. The quantitative estimate of drug-likeness (QED) is 0.372. The molecule has 0 fully saturated rings. The molecule has 140 valence electrons. The Morgan fingerprint density at radius 3 is 2.39 bits per heavy atom. The van der Waals surface area contributed by atoms with Crippen LogP contribution in [0, 0.1) is 0 Å². The van der Waals surface area contributed by atoms with E-state index in [1.54, 1.807) is 12.1 Å². The average molecular weight is 390 g/mol. The first-order valence-corrected chi connectivity index (χ1v) is 9.10. The third-order valence-corrected chi connectivity index (χ3v) is 4.99. The molecule has 5 aromatic rings. The molecule has 5 rings (SSSR count). The van der Waals surface area contributed by atoms with E-state index >= 15 is 0 Å². The van der Waals surface area contributed by atoms with Gasteiger partial charge in [0.1, 0.15) is 11.6 Å². The summed E-state index contributed by atoms with van der Waals surface area (Å²) in [6.07, 6.45) is 0.860. The van der Waals surface area contributed by atoms with Crippen LogP contribution in [-0.2, 0) is 6.42 Å². The highest BCUT2D eigenvalue weighted by atomic mass is 35.5. The van der Waals surface area contributed by atoms with Crippen LogP contribution in [0.15, 0.2) is 72.8 Å². The van der Waals surface area contributed by atoms with Crippen LogP contribution in [0.3, 0.4) is 0 Å². The second-order valence-electron chi connectivity index (χ2n) is 6.74. The number of para-hydroxylation sites is 2. The molecular weight excluding hydrogens is 370 g/mol. The third kappa shape index (κ3) is 3.12. The monoisotopic (exact) mass is 389 g/mol. The molecule has 0 atom stereocenters. The van der Waals surface area contributed by atoms with Crippen LogP contribution < -0.4 is 5.32 Å². The highest BCUT2D eigenvalue weighted by Crippen LogP contribution is 2.34. The number of halogens is 1. The van der Waals surface area contributed by atoms with Gasteiger partial charge in [0.2, 0.25) is 0 Å². The van der Waals surface area contributed by atoms with Gasteiger partial charge < -0.3 is 15.4 Å². The van der Waals surface area contributed by atoms with Gasteiger partial charge in [-0.05, 0) is 36.2 Å². The number of nitrogens with zero attached hydrogens (tertiary/aromatic N) is 1. The summed E-state index contributed by atoms with van der Waals surface area (Å²) in [6.45, 7) is 0.769. The van der Waals surface area contributed by atoms with Crippen molar-refractivity contribution in [1.82, 2.24) is 9.97 Å². The topological polar surface area (TPSA) is 60.9 Å². The Balaban J connectivity index is 0.00000192. The summed E-state index contributed by atoms with van der Waals surface area (Å²) in [5, 5.41) is 16.4. The van der Waals surface area contributed by atoms with E-state index in [1.807, 2.05) is 36.4 Å². The SMILES string of the molecule is Cl.Oc1ccc(CCNc2nc3ccccc3c3[nH]c4ccccc4c23)cc1. The second-order valence-corrected chi connectivity index (χ2v) is 6.74. The predicted octanol–water partition coefficient (Wildman–Crippen LogP) is 5.65. The smallest absolute Gasteiger partial charge is 0.136 e. The molecule has 5 heteroatoms. The van der Waals surface area contributed by atoms with Crippen LogP contribution in [0.2, 0.25) is 0 Å². The van der Waals surface area contributed by atoms with Crippen molar-refractivity contribution in [3.63, 3.8) is 0 Å². The molecule has 4 nitrogen and oxygen atoms in total. The lowest BCUT2D eigenvalue weighted by Crippen LogP contribution is -2.06. The number of anilines is 1. The van der Waals surface area contributed by atoms with E-state index in [-0.39, 0.29) is 12.4 Å². The van der Waals surface area contributed by atoms with Crippen molar-refractivity contribution >= 4 is 50.9 Å². The minimum absolute atomic E-state index is 0. The number of aromatic hydroxyl groups is 1. The van der Waals surface area contributed by atoms with Crippen molar-refractivity contribution in [2.75, 3.05) is 11.9 Å². The van der Waals surface area contributed by atoms with Gasteiger partial charge in [0.15, 0.2) is 0 Å². The highest BCUT2D eigenvalue weighted by molar-refractivity contribution is 6.20. The van der Waals surface area contributed by atoms with Crippen LogP contribution in [0.1, 0.15) is 5.56 Å². The molecule has 28 heavy (non-hydrogen) atoms. The van der Waals surface area contributed by atoms with Gasteiger partial charge in [-0.15, -0.1) is 12.4 Å². The number of aromatic nitrogens is 2. The molecule has 0 aliphatic rings. The van der Waals surface area contributed by atoms with Crippen LogP contribution >= 0.6 is 12.4 Å². The summed E-state index contributed by atoms with van der Waals surface area (Å²) < 4.78 is 0. The number of hydrogen-bond donors (Lipinski definition) is 3. The third-order valence-electron chi connectivity index (χ3n) is 4.99. The number of phenolic OH excluding ortho intramolecular Hbond substituents is 1. The van der Waals surface area contributed by atoms with Crippen LogP contribution in [-0.4, -0.2) is 21.6 Å². The molecular formula is C23H20ClN3O. The lowest BCUT2D eigenvalue weighted by atomic mass is 10.1. The zero-order valence-electron chi connectivity index (χ0n) is 15.1. The van der Waals surface area contributed by atoms with Crippen molar-refractivity contribution in [3.05, 3.63) is 78.4 Å². The normalized spacial score (nSPS) is 11.0. The Morgan fingerprint density at radius 2 is 1.57 bits per heavy atom. The fourth-order valence-electron chi connectivity index (χ4n) is 3.66. The van der Waals surface area contributed by atoms with Crippen LogP contribution in [0.25, 0.3) is 32.7 Å². The molecule has 0 radical (unpaired) electrons. The minimum atomic E-state index is 0. The largest absolute Gasteiger partial charge is 0.508 e. The van der Waals surface area contributed by atoms with E-state index in [4.69, 9.17) is 4.98 Å². The van der Waals surface area contributed by atoms with Crippen LogP contribution in [0.5, 0.6) is 5.75 Å². The summed E-state index contributed by atoms with van der Waals surface area (Å²) in [6, 6.07) is 23.9. The standard InChI is InChI=1S/C23H19N3O.ClH/c27-16-11-9-15(10-12-16)13-14-24-23-21-17-5-1-3-7-19(17)25-22(21)18-6-2-4-8-20(18)26-23;/h1-12,25,27H,13-14H2,(H,24,26);1H. The molecule has 0 aliphatic heterocycles. The van der Waals surface area contributed by atoms with E-state index < -0.39 is 0 Å². The molecule has 0 unspecified atom stereocenters. The summed E-state index contributed by atoms with van der Waals surface area (Å²) in [5.41, 5.74) is 4.39. The Kier molecular flexibility index (Phi) is 4.80. The second kappa shape index (κ2) is 7.41. The van der Waals surface area contributed by atoms with Crippen molar-refractivity contribution in [2.45, 2.75) is 6.42 Å². The maximum Gasteiger partial charge on any atom is 0.136 e. The maximum absolute atomic E-state index is 9.43. The fraction of sp³-hybridized carbons (Fsp3) is 0.0870. The molecule has 0 amide bonds. The summed E-state index contributed by atoms with van der Waals surface area (Å²) >= 11 is 0. The van der Waals surface area contributed by atoms with Crippen molar-refractivity contribution in [1.29, 1.82) is 0 Å². The Morgan fingerprint density at radius 1 is 0.857 bits per heavy atom. The van der Waals surface area contributed by atoms with Gasteiger partial charge in [0.25, 0.3) is 0 Å². The van der Waals surface area contributed by atoms with Gasteiger partial charge in [-0.2, -0.15) is 0 Å². The Bertz CT molecular complexity index is 1260. The molecule has 3 N–H and O–H groups in total. The number of fused-ring (bicyclic) bond motifs is 5. The number of aromatic amines is 1. The molecule has 0 bridgehead atoms. The van der Waals surface area contributed by atoms with E-state index in [0.717, 1.165) is 46.1 Å². The van der Waals surface area contributed by atoms with Gasteiger partial charge in [0, 0.05) is 22.8 Å². The first kappa shape index (κ1) is 18.1.